The highest BCUT2D eigenvalue weighted by molar-refractivity contribution is 7.12. The summed E-state index contributed by atoms with van der Waals surface area (Å²) < 4.78 is 45.0. The fraction of sp³-hybridized carbons (Fsp3) is 0.303. The van der Waals surface area contributed by atoms with Gasteiger partial charge in [0.2, 0.25) is 11.9 Å². The summed E-state index contributed by atoms with van der Waals surface area (Å²) in [5, 5.41) is 8.85. The summed E-state index contributed by atoms with van der Waals surface area (Å²) in [5.41, 5.74) is 0.555. The molecule has 2 fully saturated rings. The highest BCUT2D eigenvalue weighted by Crippen LogP contribution is 2.40. The number of thiazole rings is 1. The van der Waals surface area contributed by atoms with Crippen LogP contribution in [-0.4, -0.2) is 69.6 Å². The maximum Gasteiger partial charge on any atom is 0.417 e. The molecule has 0 saturated carbocycles. The van der Waals surface area contributed by atoms with Crippen LogP contribution in [0.1, 0.15) is 30.4 Å². The monoisotopic (exact) mass is 660 g/mol. The predicted molar refractivity (Wildman–Crippen MR) is 176 cm³/mol. The van der Waals surface area contributed by atoms with Gasteiger partial charge in [0.25, 0.3) is 5.56 Å². The number of carbonyl (C=O) groups is 1. The van der Waals surface area contributed by atoms with Gasteiger partial charge < -0.3 is 20.4 Å². The summed E-state index contributed by atoms with van der Waals surface area (Å²) in [6.45, 7) is 6.00. The Balaban J connectivity index is 1.27. The second-order valence-corrected chi connectivity index (χ2v) is 12.5. The molecule has 2 aliphatic heterocycles. The third kappa shape index (κ3) is 6.17. The van der Waals surface area contributed by atoms with E-state index in [2.05, 4.69) is 30.5 Å². The number of aromatic nitrogens is 4. The van der Waals surface area contributed by atoms with Gasteiger partial charge in [0.05, 0.1) is 5.56 Å². The number of piperazine rings is 1. The molecule has 0 spiro atoms. The van der Waals surface area contributed by atoms with E-state index in [1.165, 1.54) is 47.4 Å². The molecule has 2 N–H and O–H groups in total. The van der Waals surface area contributed by atoms with Crippen molar-refractivity contribution >= 4 is 45.6 Å². The van der Waals surface area contributed by atoms with Gasteiger partial charge in [-0.3, -0.25) is 9.59 Å². The summed E-state index contributed by atoms with van der Waals surface area (Å²) in [6, 6.07) is 13.4. The van der Waals surface area contributed by atoms with Crippen molar-refractivity contribution in [1.29, 1.82) is 0 Å². The summed E-state index contributed by atoms with van der Waals surface area (Å²) in [7, 11) is 0. The minimum absolute atomic E-state index is 0.108. The van der Waals surface area contributed by atoms with Crippen LogP contribution in [0, 0.1) is 0 Å². The number of halogens is 3. The molecule has 47 heavy (non-hydrogen) atoms. The predicted octanol–water partition coefficient (Wildman–Crippen LogP) is 5.41. The van der Waals surface area contributed by atoms with E-state index >= 15 is 0 Å². The van der Waals surface area contributed by atoms with Crippen molar-refractivity contribution in [2.45, 2.75) is 25.4 Å². The average Bonchev–Trinajstić information content (AvgIpc) is 3.78. The summed E-state index contributed by atoms with van der Waals surface area (Å²) in [6.07, 6.45) is -1.16. The van der Waals surface area contributed by atoms with Crippen molar-refractivity contribution in [2.24, 2.45) is 0 Å². The van der Waals surface area contributed by atoms with E-state index in [1.54, 1.807) is 16.3 Å². The molecule has 7 rings (SSSR count). The minimum atomic E-state index is -4.73. The fourth-order valence-corrected chi connectivity index (χ4v) is 6.91. The largest absolute Gasteiger partial charge is 0.417 e. The summed E-state index contributed by atoms with van der Waals surface area (Å²) in [4.78, 5) is 43.2. The van der Waals surface area contributed by atoms with Crippen molar-refractivity contribution in [3.63, 3.8) is 0 Å². The van der Waals surface area contributed by atoms with E-state index in [0.29, 0.717) is 30.5 Å². The normalized spacial score (nSPS) is 17.0. The lowest BCUT2D eigenvalue weighted by molar-refractivity contribution is -0.137. The summed E-state index contributed by atoms with van der Waals surface area (Å²) in [5.74, 6) is -0.111. The zero-order valence-corrected chi connectivity index (χ0v) is 26.2. The Kier molecular flexibility index (Phi) is 8.14. The molecule has 5 heterocycles. The topological polar surface area (TPSA) is 108 Å². The van der Waals surface area contributed by atoms with E-state index in [9.17, 15) is 22.8 Å². The van der Waals surface area contributed by atoms with Gasteiger partial charge in [-0.05, 0) is 53.9 Å². The van der Waals surface area contributed by atoms with E-state index < -0.39 is 17.3 Å². The maximum atomic E-state index is 14.6. The zero-order chi connectivity index (χ0) is 32.7. The van der Waals surface area contributed by atoms with Crippen LogP contribution in [0.3, 0.4) is 0 Å². The molecule has 3 aromatic heterocycles. The highest BCUT2D eigenvalue weighted by atomic mass is 32.1. The van der Waals surface area contributed by atoms with E-state index in [1.807, 2.05) is 24.3 Å². The quantitative estimate of drug-likeness (QED) is 0.249. The highest BCUT2D eigenvalue weighted by Gasteiger charge is 2.36. The number of anilines is 3. The fourth-order valence-electron chi connectivity index (χ4n) is 6.27. The molecule has 2 aromatic carbocycles. The molecule has 0 bridgehead atoms. The SMILES string of the molecule is CC(=O)N1CCC(c2ccc(-c3cc4cnc(Nc5ccc(N6CCNCC6)cc5)nc4n(-c4nccs4)c3=O)c(C(F)(F)F)c2)C1. The number of benzene rings is 2. The number of rotatable bonds is 6. The van der Waals surface area contributed by atoms with Crippen molar-refractivity contribution < 1.29 is 18.0 Å². The molecule has 2 saturated heterocycles. The number of likely N-dealkylation sites (tertiary alicyclic amines) is 1. The first-order valence-corrected chi connectivity index (χ1v) is 16.2. The van der Waals surface area contributed by atoms with Gasteiger partial charge in [-0.25, -0.2) is 14.5 Å². The van der Waals surface area contributed by atoms with Crippen molar-refractivity contribution in [3.8, 4) is 16.3 Å². The van der Waals surface area contributed by atoms with E-state index in [4.69, 9.17) is 0 Å². The smallest absolute Gasteiger partial charge is 0.369 e. The van der Waals surface area contributed by atoms with Crippen molar-refractivity contribution in [3.05, 3.63) is 87.8 Å². The van der Waals surface area contributed by atoms with Crippen LogP contribution in [0.4, 0.5) is 30.5 Å². The minimum Gasteiger partial charge on any atom is -0.369 e. The molecule has 1 unspecified atom stereocenters. The second kappa shape index (κ2) is 12.4. The van der Waals surface area contributed by atoms with Crippen LogP contribution in [0.25, 0.3) is 27.3 Å². The standard InChI is InChI=1S/C33H31F3N8O2S/c1-20(45)43-12-8-22(19-43)21-2-7-26(28(17-21)33(34,35)36)27-16-23-18-39-31(41-29(23)44(30(27)46)32-38-11-15-47-32)40-24-3-5-25(6-4-24)42-13-9-37-10-14-42/h2-7,11,15-18,22,37H,8-10,12-14,19H2,1H3,(H,39,40,41). The Morgan fingerprint density at radius 2 is 1.81 bits per heavy atom. The number of fused-ring (bicyclic) bond motifs is 1. The number of nitrogens with one attached hydrogen (secondary N) is 2. The van der Waals surface area contributed by atoms with Gasteiger partial charge >= 0.3 is 6.18 Å². The third-order valence-electron chi connectivity index (χ3n) is 8.70. The third-order valence-corrected chi connectivity index (χ3v) is 9.46. The molecule has 1 amide bonds. The maximum absolute atomic E-state index is 14.6. The van der Waals surface area contributed by atoms with Gasteiger partial charge in [0.1, 0.15) is 0 Å². The van der Waals surface area contributed by atoms with Gasteiger partial charge in [-0.15, -0.1) is 11.3 Å². The summed E-state index contributed by atoms with van der Waals surface area (Å²) >= 11 is 1.17. The lowest BCUT2D eigenvalue weighted by atomic mass is 9.91. The Bertz CT molecular complexity index is 1990. The number of hydrogen-bond donors (Lipinski definition) is 2. The van der Waals surface area contributed by atoms with Gasteiger partial charge in [0, 0.05) is 92.2 Å². The van der Waals surface area contributed by atoms with Gasteiger partial charge in [0.15, 0.2) is 10.8 Å². The Morgan fingerprint density at radius 3 is 2.49 bits per heavy atom. The van der Waals surface area contributed by atoms with Crippen LogP contribution in [0.15, 0.2) is 71.1 Å². The Hall–Kier alpha value is -4.82. The van der Waals surface area contributed by atoms with Gasteiger partial charge in [-0.1, -0.05) is 12.1 Å². The molecule has 0 radical (unpaired) electrons. The first-order chi connectivity index (χ1) is 22.7. The molecule has 242 valence electrons. The molecule has 14 heteroatoms. The molecular formula is C33H31F3N8O2S. The van der Waals surface area contributed by atoms with Crippen LogP contribution in [0.5, 0.6) is 0 Å². The lowest BCUT2D eigenvalue weighted by Gasteiger charge is -2.29. The molecule has 10 nitrogen and oxygen atoms in total. The van der Waals surface area contributed by atoms with Crippen LogP contribution in [0.2, 0.25) is 0 Å². The number of pyridine rings is 1. The molecular weight excluding hydrogens is 629 g/mol. The number of amides is 1. The Morgan fingerprint density at radius 1 is 1.02 bits per heavy atom. The molecule has 2 aliphatic rings. The van der Waals surface area contributed by atoms with E-state index in [-0.39, 0.29) is 39.7 Å². The average molecular weight is 661 g/mol. The van der Waals surface area contributed by atoms with E-state index in [0.717, 1.165) is 43.6 Å². The lowest BCUT2D eigenvalue weighted by Crippen LogP contribution is -2.43. The van der Waals surface area contributed by atoms with Crippen LogP contribution in [-0.2, 0) is 11.0 Å². The Labute approximate surface area is 271 Å². The zero-order valence-electron chi connectivity index (χ0n) is 25.4. The molecule has 1 atom stereocenters. The first-order valence-electron chi connectivity index (χ1n) is 15.3. The van der Waals surface area contributed by atoms with Gasteiger partial charge in [-0.2, -0.15) is 18.2 Å². The van der Waals surface area contributed by atoms with Crippen LogP contribution >= 0.6 is 11.3 Å². The second-order valence-electron chi connectivity index (χ2n) is 11.6. The number of hydrogen-bond acceptors (Lipinski definition) is 9. The van der Waals surface area contributed by atoms with Crippen molar-refractivity contribution in [2.75, 3.05) is 49.5 Å². The number of nitrogens with zero attached hydrogens (tertiary/aromatic N) is 6. The molecule has 5 aromatic rings. The number of alkyl halides is 3. The number of carbonyl (C=O) groups excluding carboxylic acids is 1. The first kappa shape index (κ1) is 30.8. The molecule has 0 aliphatic carbocycles. The van der Waals surface area contributed by atoms with Crippen molar-refractivity contribution in [1.82, 2.24) is 29.7 Å². The van der Waals surface area contributed by atoms with Crippen LogP contribution < -0.4 is 21.1 Å².